The van der Waals surface area contributed by atoms with Gasteiger partial charge in [-0.1, -0.05) is 30.3 Å². The number of hydrogen-bond donors (Lipinski definition) is 1. The van der Waals surface area contributed by atoms with Crippen molar-refractivity contribution in [3.05, 3.63) is 35.9 Å². The number of alkyl carbamates (subject to hydrolysis) is 1. The highest BCUT2D eigenvalue weighted by molar-refractivity contribution is 7.85. The van der Waals surface area contributed by atoms with Gasteiger partial charge in [0.25, 0.3) is 10.1 Å². The van der Waals surface area contributed by atoms with Gasteiger partial charge in [0, 0.05) is 6.54 Å². The van der Waals surface area contributed by atoms with E-state index >= 15 is 0 Å². The summed E-state index contributed by atoms with van der Waals surface area (Å²) in [7, 11) is -2.36. The van der Waals surface area contributed by atoms with Gasteiger partial charge in [-0.15, -0.1) is 0 Å². The fourth-order valence-electron chi connectivity index (χ4n) is 3.01. The maximum Gasteiger partial charge on any atom is 0.407 e. The summed E-state index contributed by atoms with van der Waals surface area (Å²) in [5.41, 5.74) is 0.826. The SMILES string of the molecule is COC(=O)[C@@H]1CCCN1C[C@@H](COS(C)(=O)=O)NC(=O)OCc1ccccc1. The quantitative estimate of drug-likeness (QED) is 0.469. The van der Waals surface area contributed by atoms with E-state index in [1.54, 1.807) is 0 Å². The van der Waals surface area contributed by atoms with Gasteiger partial charge >= 0.3 is 12.1 Å². The van der Waals surface area contributed by atoms with Crippen LogP contribution in [0.5, 0.6) is 0 Å². The lowest BCUT2D eigenvalue weighted by Gasteiger charge is -2.27. The molecular weight excluding hydrogens is 388 g/mol. The predicted molar refractivity (Wildman–Crippen MR) is 101 cm³/mol. The zero-order chi connectivity index (χ0) is 20.6. The number of nitrogens with one attached hydrogen (secondary N) is 1. The Labute approximate surface area is 165 Å². The summed E-state index contributed by atoms with van der Waals surface area (Å²) in [6.45, 7) is 0.691. The number of methoxy groups -OCH3 is 1. The van der Waals surface area contributed by atoms with Crippen molar-refractivity contribution in [2.75, 3.05) is 33.1 Å². The van der Waals surface area contributed by atoms with E-state index in [2.05, 4.69) is 5.32 Å². The number of carbonyl (C=O) groups is 2. The minimum absolute atomic E-state index is 0.0842. The number of esters is 1. The molecular formula is C18H26N2O7S. The fraction of sp³-hybridized carbons (Fsp3) is 0.556. The summed E-state index contributed by atoms with van der Waals surface area (Å²) >= 11 is 0. The van der Waals surface area contributed by atoms with Gasteiger partial charge in [-0.05, 0) is 24.9 Å². The average molecular weight is 414 g/mol. The monoisotopic (exact) mass is 414 g/mol. The second-order valence-corrected chi connectivity index (χ2v) is 8.21. The Balaban J connectivity index is 1.95. The molecule has 2 rings (SSSR count). The Kier molecular flexibility index (Phi) is 8.21. The molecule has 1 aromatic rings. The highest BCUT2D eigenvalue weighted by atomic mass is 32.2. The summed E-state index contributed by atoms with van der Waals surface area (Å²) in [6.07, 6.45) is 1.69. The van der Waals surface area contributed by atoms with E-state index in [1.165, 1.54) is 7.11 Å². The van der Waals surface area contributed by atoms with Crippen molar-refractivity contribution in [1.82, 2.24) is 10.2 Å². The fourth-order valence-corrected chi connectivity index (χ4v) is 3.42. The van der Waals surface area contributed by atoms with Crippen LogP contribution in [-0.4, -0.2) is 70.5 Å². The molecule has 0 spiro atoms. The topological polar surface area (TPSA) is 111 Å². The maximum atomic E-state index is 12.1. The number of nitrogens with zero attached hydrogens (tertiary/aromatic N) is 1. The molecule has 1 fully saturated rings. The zero-order valence-corrected chi connectivity index (χ0v) is 16.8. The van der Waals surface area contributed by atoms with E-state index in [4.69, 9.17) is 13.7 Å². The van der Waals surface area contributed by atoms with Crippen LogP contribution in [0.3, 0.4) is 0 Å². The molecule has 1 N–H and O–H groups in total. The molecule has 156 valence electrons. The van der Waals surface area contributed by atoms with Crippen LogP contribution in [-0.2, 0) is 35.2 Å². The number of ether oxygens (including phenoxy) is 2. The number of hydrogen-bond acceptors (Lipinski definition) is 8. The van der Waals surface area contributed by atoms with Gasteiger partial charge in [-0.25, -0.2) is 4.79 Å². The summed E-state index contributed by atoms with van der Waals surface area (Å²) in [6, 6.07) is 8.07. The first-order chi connectivity index (χ1) is 13.3. The summed E-state index contributed by atoms with van der Waals surface area (Å²) < 4.78 is 37.5. The first-order valence-electron chi connectivity index (χ1n) is 8.92. The van der Waals surface area contributed by atoms with E-state index in [0.29, 0.717) is 13.0 Å². The van der Waals surface area contributed by atoms with Gasteiger partial charge in [0.1, 0.15) is 12.6 Å². The largest absolute Gasteiger partial charge is 0.468 e. The molecule has 1 aliphatic rings. The Bertz CT molecular complexity index is 754. The molecule has 1 amide bonds. The Morgan fingerprint density at radius 1 is 1.29 bits per heavy atom. The number of amides is 1. The average Bonchev–Trinajstić information content (AvgIpc) is 3.12. The van der Waals surface area contributed by atoms with E-state index in [9.17, 15) is 18.0 Å². The second-order valence-electron chi connectivity index (χ2n) is 6.57. The molecule has 28 heavy (non-hydrogen) atoms. The third-order valence-electron chi connectivity index (χ3n) is 4.31. The molecule has 1 heterocycles. The summed E-state index contributed by atoms with van der Waals surface area (Å²) in [4.78, 5) is 25.9. The van der Waals surface area contributed by atoms with Crippen LogP contribution in [0.2, 0.25) is 0 Å². The molecule has 1 saturated heterocycles. The van der Waals surface area contributed by atoms with Gasteiger partial charge < -0.3 is 14.8 Å². The van der Waals surface area contributed by atoms with Crippen molar-refractivity contribution >= 4 is 22.2 Å². The molecule has 0 unspecified atom stereocenters. The maximum absolute atomic E-state index is 12.1. The highest BCUT2D eigenvalue weighted by Crippen LogP contribution is 2.18. The van der Waals surface area contributed by atoms with Crippen LogP contribution >= 0.6 is 0 Å². The molecule has 9 nitrogen and oxygen atoms in total. The molecule has 0 aromatic heterocycles. The lowest BCUT2D eigenvalue weighted by atomic mass is 10.2. The number of carbonyl (C=O) groups excluding carboxylic acids is 2. The minimum atomic E-state index is -3.68. The Hall–Kier alpha value is -2.17. The highest BCUT2D eigenvalue weighted by Gasteiger charge is 2.33. The van der Waals surface area contributed by atoms with Crippen LogP contribution in [0.1, 0.15) is 18.4 Å². The van der Waals surface area contributed by atoms with E-state index in [-0.39, 0.29) is 25.7 Å². The van der Waals surface area contributed by atoms with Crippen LogP contribution in [0, 0.1) is 0 Å². The number of likely N-dealkylation sites (tertiary alicyclic amines) is 1. The molecule has 0 saturated carbocycles. The third-order valence-corrected chi connectivity index (χ3v) is 4.87. The summed E-state index contributed by atoms with van der Waals surface area (Å²) in [5, 5.41) is 2.62. The molecule has 0 radical (unpaired) electrons. The summed E-state index contributed by atoms with van der Waals surface area (Å²) in [5.74, 6) is -0.355. The van der Waals surface area contributed by atoms with Gasteiger partial charge in [-0.2, -0.15) is 8.42 Å². The van der Waals surface area contributed by atoms with Crippen LogP contribution in [0.4, 0.5) is 4.79 Å². The van der Waals surface area contributed by atoms with Crippen LogP contribution < -0.4 is 5.32 Å². The van der Waals surface area contributed by atoms with Crippen molar-refractivity contribution in [3.8, 4) is 0 Å². The molecule has 0 aliphatic carbocycles. The van der Waals surface area contributed by atoms with Gasteiger partial charge in [0.15, 0.2) is 0 Å². The van der Waals surface area contributed by atoms with Crippen LogP contribution in [0.15, 0.2) is 30.3 Å². The smallest absolute Gasteiger partial charge is 0.407 e. The first kappa shape index (κ1) is 22.1. The Morgan fingerprint density at radius 2 is 2.00 bits per heavy atom. The standard InChI is InChI=1S/C18H26N2O7S/c1-25-17(21)16-9-6-10-20(16)11-15(13-27-28(2,23)24)19-18(22)26-12-14-7-4-3-5-8-14/h3-5,7-8,15-16H,6,9-13H2,1-2H3,(H,19,22)/t15-,16-/m0/s1. The van der Waals surface area contributed by atoms with Crippen molar-refractivity contribution in [2.24, 2.45) is 0 Å². The number of rotatable bonds is 9. The van der Waals surface area contributed by atoms with Gasteiger partial charge in [-0.3, -0.25) is 13.9 Å². The molecule has 0 bridgehead atoms. The normalized spacial score (nSPS) is 18.4. The lowest BCUT2D eigenvalue weighted by Crippen LogP contribution is -2.49. The molecule has 1 aromatic carbocycles. The zero-order valence-electron chi connectivity index (χ0n) is 16.0. The molecule has 2 atom stereocenters. The minimum Gasteiger partial charge on any atom is -0.468 e. The van der Waals surface area contributed by atoms with Crippen LogP contribution in [0.25, 0.3) is 0 Å². The van der Waals surface area contributed by atoms with Crippen molar-refractivity contribution in [2.45, 2.75) is 31.5 Å². The third kappa shape index (κ3) is 7.45. The van der Waals surface area contributed by atoms with E-state index < -0.39 is 28.3 Å². The van der Waals surface area contributed by atoms with Gasteiger partial charge in [0.2, 0.25) is 0 Å². The predicted octanol–water partition coefficient (Wildman–Crippen LogP) is 0.895. The van der Waals surface area contributed by atoms with Crippen molar-refractivity contribution in [3.63, 3.8) is 0 Å². The van der Waals surface area contributed by atoms with E-state index in [1.807, 2.05) is 35.2 Å². The van der Waals surface area contributed by atoms with Crippen molar-refractivity contribution in [1.29, 1.82) is 0 Å². The molecule has 10 heteroatoms. The molecule has 1 aliphatic heterocycles. The van der Waals surface area contributed by atoms with Crippen molar-refractivity contribution < 1.29 is 31.7 Å². The van der Waals surface area contributed by atoms with E-state index in [0.717, 1.165) is 18.2 Å². The lowest BCUT2D eigenvalue weighted by molar-refractivity contribution is -0.145. The Morgan fingerprint density at radius 3 is 2.64 bits per heavy atom. The van der Waals surface area contributed by atoms with Gasteiger partial charge in [0.05, 0.1) is 26.0 Å². The first-order valence-corrected chi connectivity index (χ1v) is 10.7. The second kappa shape index (κ2) is 10.4. The number of benzene rings is 1.